The van der Waals surface area contributed by atoms with E-state index in [0.29, 0.717) is 18.9 Å². The van der Waals surface area contributed by atoms with E-state index in [0.717, 1.165) is 54.4 Å². The molecule has 2 saturated heterocycles. The predicted molar refractivity (Wildman–Crippen MR) is 151 cm³/mol. The average Bonchev–Trinajstić information content (AvgIpc) is 3.67. The van der Waals surface area contributed by atoms with Crippen LogP contribution in [-0.2, 0) is 11.3 Å². The molecule has 2 fully saturated rings. The fraction of sp³-hybridized carbons (Fsp3) is 0.586. The zero-order valence-electron chi connectivity index (χ0n) is 24.5. The van der Waals surface area contributed by atoms with E-state index < -0.39 is 6.36 Å². The molecule has 0 amide bonds. The van der Waals surface area contributed by atoms with E-state index in [4.69, 9.17) is 14.7 Å². The summed E-state index contributed by atoms with van der Waals surface area (Å²) in [7, 11) is 0. The minimum absolute atomic E-state index is 0.0179. The molecule has 1 unspecified atom stereocenters. The van der Waals surface area contributed by atoms with Gasteiger partial charge in [0.2, 0.25) is 0 Å². The first-order chi connectivity index (χ1) is 20.0. The zero-order valence-corrected chi connectivity index (χ0v) is 24.5. The maximum absolute atomic E-state index is 12.7. The molecule has 4 aromatic rings. The molecule has 1 aromatic carbocycles. The van der Waals surface area contributed by atoms with Crippen molar-refractivity contribution in [1.29, 1.82) is 0 Å². The molecule has 10 nitrogen and oxygen atoms in total. The van der Waals surface area contributed by atoms with E-state index in [9.17, 15) is 13.2 Å². The van der Waals surface area contributed by atoms with Crippen molar-refractivity contribution in [3.05, 3.63) is 42.0 Å². The molecular formula is C29H37F3N8O2. The molecule has 13 heteroatoms. The first-order valence-electron chi connectivity index (χ1n) is 14.6. The van der Waals surface area contributed by atoms with Gasteiger partial charge in [-0.1, -0.05) is 26.0 Å². The number of ether oxygens (including phenoxy) is 2. The highest BCUT2D eigenvalue weighted by Gasteiger charge is 2.38. The topological polar surface area (TPSA) is 85.8 Å². The SMILES string of the molecule is Cc1nc2c(N3C[C@@H](C)N([C@H](c4ccc(OC(F)(F)F)cc4)C(C)C)C[C@@H]3C)nc3nncn3c2n1CC1CCCO1. The molecule has 42 heavy (non-hydrogen) atoms. The maximum Gasteiger partial charge on any atom is 0.573 e. The van der Waals surface area contributed by atoms with E-state index in [-0.39, 0.29) is 35.9 Å². The second kappa shape index (κ2) is 11.0. The summed E-state index contributed by atoms with van der Waals surface area (Å²) in [6.45, 7) is 13.6. The van der Waals surface area contributed by atoms with Gasteiger partial charge in [0, 0.05) is 37.8 Å². The van der Waals surface area contributed by atoms with Crippen molar-refractivity contribution in [3.63, 3.8) is 0 Å². The maximum atomic E-state index is 12.7. The van der Waals surface area contributed by atoms with Crippen molar-refractivity contribution in [2.75, 3.05) is 24.6 Å². The molecule has 5 heterocycles. The summed E-state index contributed by atoms with van der Waals surface area (Å²) in [5, 5.41) is 8.45. The zero-order chi connectivity index (χ0) is 29.8. The van der Waals surface area contributed by atoms with Gasteiger partial charge in [-0.25, -0.2) is 9.38 Å². The van der Waals surface area contributed by atoms with Crippen molar-refractivity contribution < 1.29 is 22.6 Å². The standard InChI is InChI=1S/C29H37F3N8O2/c1-17(2)25(21-8-10-22(11-9-21)42-29(30,31)32)37-13-19(4)38(14-18(37)3)26-24-27(40-16-33-36-28(40)35-26)39(20(5)34-24)15-23-7-6-12-41-23/h8-11,16-19,23,25H,6-7,12-15H2,1-5H3/t18-,19+,23?,25+/m1/s1. The molecule has 2 aliphatic rings. The van der Waals surface area contributed by atoms with Gasteiger partial charge in [0.25, 0.3) is 5.78 Å². The van der Waals surface area contributed by atoms with Gasteiger partial charge in [0.15, 0.2) is 11.5 Å². The van der Waals surface area contributed by atoms with E-state index in [1.807, 2.05) is 11.3 Å². The Kier molecular flexibility index (Phi) is 7.50. The Morgan fingerprint density at radius 3 is 2.50 bits per heavy atom. The summed E-state index contributed by atoms with van der Waals surface area (Å²) in [5.41, 5.74) is 2.68. The number of nitrogens with zero attached hydrogens (tertiary/aromatic N) is 8. The summed E-state index contributed by atoms with van der Waals surface area (Å²) in [5.74, 6) is 2.21. The number of benzene rings is 1. The first kappa shape index (κ1) is 28.7. The van der Waals surface area contributed by atoms with Gasteiger partial charge in [0.1, 0.15) is 23.4 Å². The molecule has 0 N–H and O–H groups in total. The number of halogens is 3. The highest BCUT2D eigenvalue weighted by Crippen LogP contribution is 2.37. The summed E-state index contributed by atoms with van der Waals surface area (Å²) in [6, 6.07) is 6.50. The molecular weight excluding hydrogens is 549 g/mol. The third kappa shape index (κ3) is 5.39. The number of piperazine rings is 1. The number of aromatic nitrogens is 6. The lowest BCUT2D eigenvalue weighted by Crippen LogP contribution is -2.58. The molecule has 6 rings (SSSR count). The normalized spacial score (nSPS) is 23.0. The third-order valence-electron chi connectivity index (χ3n) is 8.47. The van der Waals surface area contributed by atoms with E-state index in [1.165, 1.54) is 12.1 Å². The Hall–Kier alpha value is -3.45. The minimum Gasteiger partial charge on any atom is -0.406 e. The quantitative estimate of drug-likeness (QED) is 0.294. The van der Waals surface area contributed by atoms with Crippen LogP contribution >= 0.6 is 0 Å². The number of rotatable bonds is 7. The van der Waals surface area contributed by atoms with Crippen LogP contribution in [0.4, 0.5) is 19.0 Å². The molecule has 0 aliphatic carbocycles. The molecule has 0 spiro atoms. The van der Waals surface area contributed by atoms with Crippen LogP contribution < -0.4 is 9.64 Å². The molecule has 0 radical (unpaired) electrons. The lowest BCUT2D eigenvalue weighted by molar-refractivity contribution is -0.274. The summed E-state index contributed by atoms with van der Waals surface area (Å²) in [4.78, 5) is 14.7. The Morgan fingerprint density at radius 1 is 1.07 bits per heavy atom. The minimum atomic E-state index is -4.72. The van der Waals surface area contributed by atoms with Gasteiger partial charge in [-0.15, -0.1) is 23.4 Å². The number of imidazole rings is 1. The van der Waals surface area contributed by atoms with Gasteiger partial charge in [-0.2, -0.15) is 4.98 Å². The van der Waals surface area contributed by atoms with Crippen LogP contribution in [0.5, 0.6) is 5.75 Å². The molecule has 226 valence electrons. The van der Waals surface area contributed by atoms with E-state index >= 15 is 0 Å². The summed E-state index contributed by atoms with van der Waals surface area (Å²) >= 11 is 0. The molecule has 3 aromatic heterocycles. The Labute approximate surface area is 242 Å². The van der Waals surface area contributed by atoms with Crippen molar-refractivity contribution in [3.8, 4) is 5.75 Å². The van der Waals surface area contributed by atoms with Gasteiger partial charge in [-0.05, 0) is 57.2 Å². The summed E-state index contributed by atoms with van der Waals surface area (Å²) < 4.78 is 52.3. The van der Waals surface area contributed by atoms with Crippen LogP contribution in [0.25, 0.3) is 16.9 Å². The molecule has 0 saturated carbocycles. The number of hydrogen-bond acceptors (Lipinski definition) is 8. The lowest BCUT2D eigenvalue weighted by Gasteiger charge is -2.49. The van der Waals surface area contributed by atoms with Crippen molar-refractivity contribution in [2.45, 2.75) is 84.6 Å². The van der Waals surface area contributed by atoms with Gasteiger partial charge in [-0.3, -0.25) is 4.90 Å². The highest BCUT2D eigenvalue weighted by atomic mass is 19.4. The Morgan fingerprint density at radius 2 is 1.83 bits per heavy atom. The molecule has 4 atom stereocenters. The lowest BCUT2D eigenvalue weighted by atomic mass is 9.91. The number of hydrogen-bond donors (Lipinski definition) is 0. The van der Waals surface area contributed by atoms with E-state index in [2.05, 4.69) is 57.0 Å². The van der Waals surface area contributed by atoms with Crippen LogP contribution in [-0.4, -0.2) is 78.3 Å². The smallest absolute Gasteiger partial charge is 0.406 e. The van der Waals surface area contributed by atoms with Gasteiger partial charge < -0.3 is 18.9 Å². The van der Waals surface area contributed by atoms with Crippen LogP contribution in [0, 0.1) is 12.8 Å². The predicted octanol–water partition coefficient (Wildman–Crippen LogP) is 5.16. The van der Waals surface area contributed by atoms with Crippen LogP contribution in [0.2, 0.25) is 0 Å². The number of anilines is 1. The average molecular weight is 587 g/mol. The van der Waals surface area contributed by atoms with Crippen LogP contribution in [0.3, 0.4) is 0 Å². The largest absolute Gasteiger partial charge is 0.573 e. The van der Waals surface area contributed by atoms with Crippen LogP contribution in [0.1, 0.15) is 58.0 Å². The highest BCUT2D eigenvalue weighted by molar-refractivity contribution is 5.87. The number of alkyl halides is 3. The monoisotopic (exact) mass is 586 g/mol. The second-order valence-corrected chi connectivity index (χ2v) is 11.9. The van der Waals surface area contributed by atoms with Crippen molar-refractivity contribution >= 4 is 22.8 Å². The van der Waals surface area contributed by atoms with Crippen LogP contribution in [0.15, 0.2) is 30.6 Å². The molecule has 0 bridgehead atoms. The number of aryl methyl sites for hydroxylation is 1. The fourth-order valence-corrected chi connectivity index (χ4v) is 6.62. The molecule has 2 aliphatic heterocycles. The fourth-order valence-electron chi connectivity index (χ4n) is 6.62. The van der Waals surface area contributed by atoms with Crippen molar-refractivity contribution in [2.24, 2.45) is 5.92 Å². The Balaban J connectivity index is 1.31. The summed E-state index contributed by atoms with van der Waals surface area (Å²) in [6.07, 6.45) is -0.799. The third-order valence-corrected chi connectivity index (χ3v) is 8.47. The number of fused-ring (bicyclic) bond motifs is 3. The first-order valence-corrected chi connectivity index (χ1v) is 14.6. The second-order valence-electron chi connectivity index (χ2n) is 11.9. The van der Waals surface area contributed by atoms with Gasteiger partial charge in [0.05, 0.1) is 12.6 Å². The Bertz CT molecular complexity index is 1540. The van der Waals surface area contributed by atoms with Gasteiger partial charge >= 0.3 is 6.36 Å². The van der Waals surface area contributed by atoms with E-state index in [1.54, 1.807) is 18.5 Å². The van der Waals surface area contributed by atoms with Crippen molar-refractivity contribution in [1.82, 2.24) is 34.0 Å².